The van der Waals surface area contributed by atoms with Crippen molar-refractivity contribution >= 4 is 22.7 Å². The maximum Gasteiger partial charge on any atom is 0.255 e. The number of nitrogens with one attached hydrogen (secondary N) is 1. The maximum atomic E-state index is 13.7. The topological polar surface area (TPSA) is 65.6 Å². The summed E-state index contributed by atoms with van der Waals surface area (Å²) in [7, 11) is 1.62. The van der Waals surface area contributed by atoms with E-state index in [1.807, 2.05) is 49.4 Å². The van der Waals surface area contributed by atoms with Crippen LogP contribution in [0.3, 0.4) is 0 Å². The van der Waals surface area contributed by atoms with Crippen molar-refractivity contribution in [2.75, 3.05) is 20.2 Å². The summed E-state index contributed by atoms with van der Waals surface area (Å²) in [4.78, 5) is 33.6. The van der Waals surface area contributed by atoms with Crippen LogP contribution in [0.25, 0.3) is 10.9 Å². The van der Waals surface area contributed by atoms with Crippen LogP contribution in [0, 0.1) is 0 Å². The highest BCUT2D eigenvalue weighted by Gasteiger charge is 2.54. The summed E-state index contributed by atoms with van der Waals surface area (Å²) in [6.45, 7) is 2.91. The SMILES string of the molecule is COc1cccc(CN2CC(=O)N3CCc4c([nH]c5ccccc45)C3(C)C2=O)c1. The second-order valence-electron chi connectivity index (χ2n) is 7.90. The molecular weight excluding hydrogens is 366 g/mol. The van der Waals surface area contributed by atoms with Crippen LogP contribution in [0.1, 0.15) is 23.7 Å². The first-order valence-electron chi connectivity index (χ1n) is 9.85. The van der Waals surface area contributed by atoms with Gasteiger partial charge in [0.15, 0.2) is 5.54 Å². The van der Waals surface area contributed by atoms with Gasteiger partial charge in [-0.25, -0.2) is 0 Å². The predicted octanol–water partition coefficient (Wildman–Crippen LogP) is 2.82. The Balaban J connectivity index is 1.57. The monoisotopic (exact) mass is 389 g/mol. The number of fused-ring (bicyclic) bond motifs is 5. The number of benzene rings is 2. The highest BCUT2D eigenvalue weighted by atomic mass is 16.5. The third kappa shape index (κ3) is 2.55. The maximum absolute atomic E-state index is 13.7. The lowest BCUT2D eigenvalue weighted by atomic mass is 9.83. The van der Waals surface area contributed by atoms with Crippen molar-refractivity contribution in [1.29, 1.82) is 0 Å². The van der Waals surface area contributed by atoms with E-state index < -0.39 is 5.54 Å². The Morgan fingerprint density at radius 3 is 2.79 bits per heavy atom. The van der Waals surface area contributed by atoms with Crippen LogP contribution >= 0.6 is 0 Å². The molecule has 29 heavy (non-hydrogen) atoms. The van der Waals surface area contributed by atoms with E-state index in [0.717, 1.165) is 39.9 Å². The molecule has 1 unspecified atom stereocenters. The minimum Gasteiger partial charge on any atom is -0.497 e. The second-order valence-corrected chi connectivity index (χ2v) is 7.90. The Hall–Kier alpha value is -3.28. The van der Waals surface area contributed by atoms with Gasteiger partial charge in [-0.2, -0.15) is 0 Å². The van der Waals surface area contributed by atoms with Gasteiger partial charge in [0.2, 0.25) is 5.91 Å². The van der Waals surface area contributed by atoms with Gasteiger partial charge in [-0.1, -0.05) is 30.3 Å². The smallest absolute Gasteiger partial charge is 0.255 e. The van der Waals surface area contributed by atoms with Gasteiger partial charge in [-0.3, -0.25) is 9.59 Å². The first-order valence-corrected chi connectivity index (χ1v) is 9.85. The number of H-pyrrole nitrogens is 1. The van der Waals surface area contributed by atoms with Gasteiger partial charge in [0.05, 0.1) is 12.8 Å². The standard InChI is InChI=1S/C23H23N3O3/c1-23-21-18(17-8-3-4-9-19(17)24-21)10-11-26(23)20(27)14-25(22(23)28)13-15-6-5-7-16(12-15)29-2/h3-9,12,24H,10-11,13-14H2,1-2H3. The third-order valence-corrected chi connectivity index (χ3v) is 6.26. The molecule has 0 bridgehead atoms. The largest absolute Gasteiger partial charge is 0.497 e. The normalized spacial score (nSPS) is 21.3. The Morgan fingerprint density at radius 1 is 1.14 bits per heavy atom. The quantitative estimate of drug-likeness (QED) is 0.749. The summed E-state index contributed by atoms with van der Waals surface area (Å²) in [5.41, 5.74) is 2.92. The summed E-state index contributed by atoms with van der Waals surface area (Å²) >= 11 is 0. The van der Waals surface area contributed by atoms with Crippen LogP contribution in [0.5, 0.6) is 5.75 Å². The number of amides is 2. The van der Waals surface area contributed by atoms with E-state index in [-0.39, 0.29) is 18.4 Å². The number of aromatic amines is 1. The summed E-state index contributed by atoms with van der Waals surface area (Å²) in [5.74, 6) is 0.674. The van der Waals surface area contributed by atoms with Crippen molar-refractivity contribution in [1.82, 2.24) is 14.8 Å². The van der Waals surface area contributed by atoms with Crippen molar-refractivity contribution in [3.63, 3.8) is 0 Å². The molecule has 6 heteroatoms. The van der Waals surface area contributed by atoms with E-state index in [4.69, 9.17) is 4.74 Å². The number of para-hydroxylation sites is 1. The average molecular weight is 389 g/mol. The van der Waals surface area contributed by atoms with Gasteiger partial charge in [0.1, 0.15) is 12.3 Å². The lowest BCUT2D eigenvalue weighted by Crippen LogP contribution is -2.66. The minimum absolute atomic E-state index is 0.0145. The van der Waals surface area contributed by atoms with Gasteiger partial charge < -0.3 is 19.5 Å². The van der Waals surface area contributed by atoms with E-state index in [1.54, 1.807) is 16.9 Å². The number of methoxy groups -OCH3 is 1. The molecule has 2 aromatic carbocycles. The molecule has 5 rings (SSSR count). The Labute approximate surface area is 169 Å². The molecule has 0 saturated carbocycles. The van der Waals surface area contributed by atoms with Gasteiger partial charge in [0, 0.05) is 24.0 Å². The number of rotatable bonds is 3. The lowest BCUT2D eigenvalue weighted by molar-refractivity contribution is -0.166. The molecule has 1 fully saturated rings. The van der Waals surface area contributed by atoms with Gasteiger partial charge in [-0.05, 0) is 42.7 Å². The molecule has 3 aromatic rings. The Morgan fingerprint density at radius 2 is 1.97 bits per heavy atom. The molecule has 6 nitrogen and oxygen atoms in total. The first kappa shape index (κ1) is 17.8. The zero-order chi connectivity index (χ0) is 20.2. The van der Waals surface area contributed by atoms with E-state index in [2.05, 4.69) is 11.1 Å². The van der Waals surface area contributed by atoms with Crippen molar-refractivity contribution < 1.29 is 14.3 Å². The van der Waals surface area contributed by atoms with Crippen molar-refractivity contribution in [2.45, 2.75) is 25.4 Å². The first-order chi connectivity index (χ1) is 14.0. The van der Waals surface area contributed by atoms with Crippen LogP contribution in [0.2, 0.25) is 0 Å². The lowest BCUT2D eigenvalue weighted by Gasteiger charge is -2.49. The van der Waals surface area contributed by atoms with Crippen LogP contribution < -0.4 is 4.74 Å². The second kappa shape index (κ2) is 6.37. The highest BCUT2D eigenvalue weighted by molar-refractivity contribution is 6.00. The molecule has 2 aliphatic rings. The van der Waals surface area contributed by atoms with Crippen molar-refractivity contribution in [3.05, 3.63) is 65.4 Å². The minimum atomic E-state index is -1.01. The molecule has 2 amide bonds. The molecule has 1 saturated heterocycles. The molecular formula is C23H23N3O3. The summed E-state index contributed by atoms with van der Waals surface area (Å²) in [6.07, 6.45) is 0.754. The van der Waals surface area contributed by atoms with Crippen molar-refractivity contribution in [3.8, 4) is 5.75 Å². The van der Waals surface area contributed by atoms with Gasteiger partial charge in [0.25, 0.3) is 5.91 Å². The fourth-order valence-corrected chi connectivity index (χ4v) is 4.80. The Bertz CT molecular complexity index is 1140. The van der Waals surface area contributed by atoms with Gasteiger partial charge >= 0.3 is 0 Å². The molecule has 1 aromatic heterocycles. The molecule has 3 heterocycles. The fourth-order valence-electron chi connectivity index (χ4n) is 4.80. The molecule has 0 spiro atoms. The predicted molar refractivity (Wildman–Crippen MR) is 109 cm³/mol. The van der Waals surface area contributed by atoms with E-state index in [1.165, 1.54) is 0 Å². The number of hydrogen-bond acceptors (Lipinski definition) is 3. The summed E-state index contributed by atoms with van der Waals surface area (Å²) in [5, 5.41) is 1.13. The molecule has 0 radical (unpaired) electrons. The number of piperazine rings is 1. The number of aromatic nitrogens is 1. The van der Waals surface area contributed by atoms with E-state index >= 15 is 0 Å². The van der Waals surface area contributed by atoms with E-state index in [0.29, 0.717) is 13.1 Å². The summed E-state index contributed by atoms with van der Waals surface area (Å²) < 4.78 is 5.29. The highest BCUT2D eigenvalue weighted by Crippen LogP contribution is 2.42. The Kier molecular flexibility index (Phi) is 3.91. The zero-order valence-electron chi connectivity index (χ0n) is 16.6. The average Bonchev–Trinajstić information content (AvgIpc) is 3.12. The molecule has 0 aliphatic carbocycles. The molecule has 1 N–H and O–H groups in total. The fraction of sp³-hybridized carbons (Fsp3) is 0.304. The number of nitrogens with zero attached hydrogens (tertiary/aromatic N) is 2. The van der Waals surface area contributed by atoms with Crippen LogP contribution in [0.4, 0.5) is 0 Å². The molecule has 1 atom stereocenters. The third-order valence-electron chi connectivity index (χ3n) is 6.26. The molecule has 2 aliphatic heterocycles. The van der Waals surface area contributed by atoms with E-state index in [9.17, 15) is 9.59 Å². The van der Waals surface area contributed by atoms with Gasteiger partial charge in [-0.15, -0.1) is 0 Å². The van der Waals surface area contributed by atoms with Crippen LogP contribution in [-0.4, -0.2) is 46.8 Å². The zero-order valence-corrected chi connectivity index (χ0v) is 16.6. The van der Waals surface area contributed by atoms with Crippen LogP contribution in [0.15, 0.2) is 48.5 Å². The number of carbonyl (C=O) groups is 2. The number of hydrogen-bond donors (Lipinski definition) is 1. The number of ether oxygens (including phenoxy) is 1. The van der Waals surface area contributed by atoms with Crippen LogP contribution in [-0.2, 0) is 28.1 Å². The summed E-state index contributed by atoms with van der Waals surface area (Å²) in [6, 6.07) is 15.7. The number of carbonyl (C=O) groups excluding carboxylic acids is 2. The molecule has 148 valence electrons. The van der Waals surface area contributed by atoms with Crippen molar-refractivity contribution in [2.24, 2.45) is 0 Å².